The van der Waals surface area contributed by atoms with Gasteiger partial charge >= 0.3 is 0 Å². The Labute approximate surface area is 137 Å². The van der Waals surface area contributed by atoms with Crippen molar-refractivity contribution < 1.29 is 9.53 Å². The number of nitrogens with one attached hydrogen (secondary N) is 2. The van der Waals surface area contributed by atoms with Crippen LogP contribution in [-0.4, -0.2) is 26.1 Å². The van der Waals surface area contributed by atoms with Gasteiger partial charge in [0.2, 0.25) is 5.91 Å². The standard InChI is InChI=1S/C19H22N2O2/c1-23-18-11-6-5-8-16(18)12-13-19(22)21-15-7-14-20-17-9-3-2-4-10-17/h2-6,8-13,20H,7,14-15H2,1H3,(H,21,22). The smallest absolute Gasteiger partial charge is 0.244 e. The Morgan fingerprint density at radius 1 is 1.04 bits per heavy atom. The van der Waals surface area contributed by atoms with Crippen LogP contribution in [0.5, 0.6) is 5.75 Å². The highest BCUT2D eigenvalue weighted by Gasteiger charge is 1.99. The van der Waals surface area contributed by atoms with Crippen LogP contribution in [0.25, 0.3) is 6.08 Å². The summed E-state index contributed by atoms with van der Waals surface area (Å²) < 4.78 is 5.24. The van der Waals surface area contributed by atoms with Crippen molar-refractivity contribution in [3.8, 4) is 5.75 Å². The molecule has 4 nitrogen and oxygen atoms in total. The third kappa shape index (κ3) is 5.87. The Hall–Kier alpha value is -2.75. The van der Waals surface area contributed by atoms with Crippen molar-refractivity contribution in [3.63, 3.8) is 0 Å². The Morgan fingerprint density at radius 3 is 2.57 bits per heavy atom. The lowest BCUT2D eigenvalue weighted by atomic mass is 10.2. The van der Waals surface area contributed by atoms with Crippen LogP contribution in [0, 0.1) is 0 Å². The summed E-state index contributed by atoms with van der Waals surface area (Å²) in [6, 6.07) is 17.6. The van der Waals surface area contributed by atoms with E-state index < -0.39 is 0 Å². The number of para-hydroxylation sites is 2. The molecule has 0 aliphatic rings. The summed E-state index contributed by atoms with van der Waals surface area (Å²) >= 11 is 0. The summed E-state index contributed by atoms with van der Waals surface area (Å²) in [6.07, 6.45) is 4.15. The fourth-order valence-corrected chi connectivity index (χ4v) is 2.12. The molecular weight excluding hydrogens is 288 g/mol. The van der Waals surface area contributed by atoms with E-state index in [0.717, 1.165) is 30.0 Å². The topological polar surface area (TPSA) is 50.4 Å². The molecule has 2 rings (SSSR count). The molecule has 2 N–H and O–H groups in total. The van der Waals surface area contributed by atoms with E-state index in [1.807, 2.05) is 54.6 Å². The van der Waals surface area contributed by atoms with Crippen molar-refractivity contribution in [1.82, 2.24) is 5.32 Å². The van der Waals surface area contributed by atoms with Gasteiger partial charge in [0.15, 0.2) is 0 Å². The molecule has 0 saturated carbocycles. The number of ether oxygens (including phenoxy) is 1. The lowest BCUT2D eigenvalue weighted by Gasteiger charge is -2.06. The molecule has 120 valence electrons. The molecule has 0 radical (unpaired) electrons. The minimum absolute atomic E-state index is 0.101. The van der Waals surface area contributed by atoms with Crippen LogP contribution in [0.3, 0.4) is 0 Å². The van der Waals surface area contributed by atoms with Gasteiger partial charge in [-0.05, 0) is 30.7 Å². The molecule has 4 heteroatoms. The lowest BCUT2D eigenvalue weighted by Crippen LogP contribution is -2.23. The van der Waals surface area contributed by atoms with E-state index in [4.69, 9.17) is 4.74 Å². The van der Waals surface area contributed by atoms with Gasteiger partial charge in [-0.15, -0.1) is 0 Å². The molecule has 2 aromatic carbocycles. The maximum Gasteiger partial charge on any atom is 0.244 e. The van der Waals surface area contributed by atoms with E-state index in [1.54, 1.807) is 13.2 Å². The summed E-state index contributed by atoms with van der Waals surface area (Å²) in [6.45, 7) is 1.45. The number of carbonyl (C=O) groups is 1. The number of amides is 1. The molecule has 0 unspecified atom stereocenters. The molecule has 0 bridgehead atoms. The maximum absolute atomic E-state index is 11.8. The normalized spacial score (nSPS) is 10.5. The average Bonchev–Trinajstić information content (AvgIpc) is 2.60. The first-order valence-electron chi connectivity index (χ1n) is 7.67. The molecule has 2 aromatic rings. The van der Waals surface area contributed by atoms with E-state index in [1.165, 1.54) is 6.08 Å². The second-order valence-electron chi connectivity index (χ2n) is 5.01. The Kier molecular flexibility index (Phi) is 6.72. The van der Waals surface area contributed by atoms with Crippen LogP contribution in [0.2, 0.25) is 0 Å². The zero-order valence-electron chi connectivity index (χ0n) is 13.3. The van der Waals surface area contributed by atoms with Crippen LogP contribution in [-0.2, 0) is 4.79 Å². The third-order valence-electron chi connectivity index (χ3n) is 3.31. The number of anilines is 1. The van der Waals surface area contributed by atoms with Crippen LogP contribution in [0.1, 0.15) is 12.0 Å². The van der Waals surface area contributed by atoms with Gasteiger partial charge in [0.05, 0.1) is 7.11 Å². The maximum atomic E-state index is 11.8. The van der Waals surface area contributed by atoms with Crippen molar-refractivity contribution >= 4 is 17.7 Å². The molecule has 23 heavy (non-hydrogen) atoms. The van der Waals surface area contributed by atoms with Gasteiger partial charge < -0.3 is 15.4 Å². The largest absolute Gasteiger partial charge is 0.496 e. The van der Waals surface area contributed by atoms with Crippen molar-refractivity contribution in [3.05, 3.63) is 66.2 Å². The summed E-state index contributed by atoms with van der Waals surface area (Å²) in [7, 11) is 1.62. The highest BCUT2D eigenvalue weighted by atomic mass is 16.5. The van der Waals surface area contributed by atoms with Crippen LogP contribution < -0.4 is 15.4 Å². The summed E-state index contributed by atoms with van der Waals surface area (Å²) in [4.78, 5) is 11.8. The van der Waals surface area contributed by atoms with Gasteiger partial charge in [-0.25, -0.2) is 0 Å². The second kappa shape index (κ2) is 9.30. The molecule has 0 spiro atoms. The summed E-state index contributed by atoms with van der Waals surface area (Å²) in [5, 5.41) is 6.18. The molecule has 1 amide bonds. The predicted molar refractivity (Wildman–Crippen MR) is 94.6 cm³/mol. The minimum Gasteiger partial charge on any atom is -0.496 e. The molecule has 0 saturated heterocycles. The fraction of sp³-hybridized carbons (Fsp3) is 0.211. The van der Waals surface area contributed by atoms with E-state index in [2.05, 4.69) is 10.6 Å². The van der Waals surface area contributed by atoms with E-state index in [0.29, 0.717) is 6.54 Å². The fourth-order valence-electron chi connectivity index (χ4n) is 2.12. The van der Waals surface area contributed by atoms with Gasteiger partial charge in [-0.2, -0.15) is 0 Å². The first kappa shape index (κ1) is 16.6. The number of hydrogen-bond donors (Lipinski definition) is 2. The Bertz CT molecular complexity index is 639. The van der Waals surface area contributed by atoms with E-state index >= 15 is 0 Å². The zero-order chi connectivity index (χ0) is 16.3. The zero-order valence-corrected chi connectivity index (χ0v) is 13.3. The molecule has 0 aliphatic carbocycles. The molecule has 0 heterocycles. The summed E-state index contributed by atoms with van der Waals surface area (Å²) in [5.74, 6) is 0.652. The number of carbonyl (C=O) groups excluding carboxylic acids is 1. The number of methoxy groups -OCH3 is 1. The van der Waals surface area contributed by atoms with Crippen LogP contribution >= 0.6 is 0 Å². The molecule has 0 aromatic heterocycles. The van der Waals surface area contributed by atoms with Gasteiger partial charge in [-0.1, -0.05) is 36.4 Å². The van der Waals surface area contributed by atoms with Gasteiger partial charge in [0.1, 0.15) is 5.75 Å². The Morgan fingerprint density at radius 2 is 1.78 bits per heavy atom. The van der Waals surface area contributed by atoms with E-state index in [9.17, 15) is 4.79 Å². The first-order chi connectivity index (χ1) is 11.3. The average molecular weight is 310 g/mol. The third-order valence-corrected chi connectivity index (χ3v) is 3.31. The van der Waals surface area contributed by atoms with Crippen molar-refractivity contribution in [2.24, 2.45) is 0 Å². The monoisotopic (exact) mass is 310 g/mol. The molecule has 0 aliphatic heterocycles. The number of rotatable bonds is 8. The van der Waals surface area contributed by atoms with E-state index in [-0.39, 0.29) is 5.91 Å². The lowest BCUT2D eigenvalue weighted by molar-refractivity contribution is -0.116. The number of benzene rings is 2. The van der Waals surface area contributed by atoms with Crippen LogP contribution in [0.15, 0.2) is 60.7 Å². The van der Waals surface area contributed by atoms with Gasteiger partial charge in [0, 0.05) is 30.4 Å². The van der Waals surface area contributed by atoms with Gasteiger partial charge in [0.25, 0.3) is 0 Å². The first-order valence-corrected chi connectivity index (χ1v) is 7.67. The Balaban J connectivity index is 1.68. The van der Waals surface area contributed by atoms with Crippen molar-refractivity contribution in [2.45, 2.75) is 6.42 Å². The van der Waals surface area contributed by atoms with Gasteiger partial charge in [-0.3, -0.25) is 4.79 Å². The second-order valence-corrected chi connectivity index (χ2v) is 5.01. The highest BCUT2D eigenvalue weighted by molar-refractivity contribution is 5.92. The molecular formula is C19H22N2O2. The van der Waals surface area contributed by atoms with Crippen LogP contribution in [0.4, 0.5) is 5.69 Å². The molecule has 0 fully saturated rings. The highest BCUT2D eigenvalue weighted by Crippen LogP contribution is 2.18. The number of hydrogen-bond acceptors (Lipinski definition) is 3. The minimum atomic E-state index is -0.101. The SMILES string of the molecule is COc1ccccc1C=CC(=O)NCCCNc1ccccc1. The quantitative estimate of drug-likeness (QED) is 0.581. The predicted octanol–water partition coefficient (Wildman–Crippen LogP) is 3.33. The van der Waals surface area contributed by atoms with Crippen molar-refractivity contribution in [2.75, 3.05) is 25.5 Å². The molecule has 0 atom stereocenters. The summed E-state index contributed by atoms with van der Waals surface area (Å²) in [5.41, 5.74) is 1.98. The van der Waals surface area contributed by atoms with Crippen molar-refractivity contribution in [1.29, 1.82) is 0 Å².